The second-order valence-corrected chi connectivity index (χ2v) is 5.50. The minimum atomic E-state index is 0.725. The molecule has 1 aliphatic rings. The largest absolute Gasteiger partial charge is 0.380 e. The van der Waals surface area contributed by atoms with E-state index in [4.69, 9.17) is 4.74 Å². The molecule has 0 aromatic rings. The third kappa shape index (κ3) is 7.70. The summed E-state index contributed by atoms with van der Waals surface area (Å²) in [4.78, 5) is 6.78. The van der Waals surface area contributed by atoms with Crippen molar-refractivity contribution >= 4 is 5.96 Å². The molecule has 0 amide bonds. The Kier molecular flexibility index (Phi) is 9.41. The topological polar surface area (TPSA) is 48.9 Å². The molecule has 5 heteroatoms. The summed E-state index contributed by atoms with van der Waals surface area (Å²) in [5, 5.41) is 6.60. The van der Waals surface area contributed by atoms with Gasteiger partial charge in [0.15, 0.2) is 5.96 Å². The molecule has 118 valence electrons. The Morgan fingerprint density at radius 1 is 1.25 bits per heavy atom. The van der Waals surface area contributed by atoms with E-state index in [1.54, 1.807) is 0 Å². The summed E-state index contributed by atoms with van der Waals surface area (Å²) in [5.74, 6) is 1.79. The van der Waals surface area contributed by atoms with Gasteiger partial charge in [-0.05, 0) is 51.7 Å². The molecule has 20 heavy (non-hydrogen) atoms. The van der Waals surface area contributed by atoms with Crippen LogP contribution in [0.25, 0.3) is 0 Å². The highest BCUT2D eigenvalue weighted by atomic mass is 16.5. The maximum Gasteiger partial charge on any atom is 0.191 e. The Morgan fingerprint density at radius 3 is 2.60 bits per heavy atom. The molecule has 0 atom stereocenters. The van der Waals surface area contributed by atoms with E-state index in [0.29, 0.717) is 0 Å². The summed E-state index contributed by atoms with van der Waals surface area (Å²) >= 11 is 0. The Hall–Kier alpha value is -0.810. The lowest BCUT2D eigenvalue weighted by atomic mass is 9.99. The minimum Gasteiger partial charge on any atom is -0.380 e. The van der Waals surface area contributed by atoms with Crippen LogP contribution < -0.4 is 10.6 Å². The van der Waals surface area contributed by atoms with Crippen molar-refractivity contribution in [3.05, 3.63) is 0 Å². The molecule has 1 saturated heterocycles. The van der Waals surface area contributed by atoms with E-state index in [-0.39, 0.29) is 0 Å². The van der Waals surface area contributed by atoms with Crippen molar-refractivity contribution in [2.24, 2.45) is 10.9 Å². The summed E-state index contributed by atoms with van der Waals surface area (Å²) in [6.07, 6.45) is 3.88. The number of guanidine groups is 1. The maximum atomic E-state index is 5.29. The van der Waals surface area contributed by atoms with Gasteiger partial charge in [0, 0.05) is 26.7 Å². The van der Waals surface area contributed by atoms with Gasteiger partial charge in [0.05, 0.1) is 6.61 Å². The fourth-order valence-electron chi connectivity index (χ4n) is 2.40. The van der Waals surface area contributed by atoms with Crippen molar-refractivity contribution in [1.82, 2.24) is 15.5 Å². The number of hydrogen-bond donors (Lipinski definition) is 2. The molecule has 0 aromatic carbocycles. The van der Waals surface area contributed by atoms with Crippen LogP contribution in [0.15, 0.2) is 4.99 Å². The molecule has 0 unspecified atom stereocenters. The van der Waals surface area contributed by atoms with Crippen LogP contribution in [0.1, 0.15) is 33.1 Å². The Bertz CT molecular complexity index is 263. The van der Waals surface area contributed by atoms with Crippen LogP contribution >= 0.6 is 0 Å². The zero-order chi connectivity index (χ0) is 14.6. The molecule has 0 spiro atoms. The van der Waals surface area contributed by atoms with E-state index >= 15 is 0 Å². The first-order chi connectivity index (χ1) is 9.76. The Balaban J connectivity index is 2.01. The smallest absolute Gasteiger partial charge is 0.191 e. The fourth-order valence-corrected chi connectivity index (χ4v) is 2.40. The van der Waals surface area contributed by atoms with Gasteiger partial charge in [-0.2, -0.15) is 0 Å². The van der Waals surface area contributed by atoms with Crippen LogP contribution in [-0.2, 0) is 4.74 Å². The molecule has 1 aliphatic heterocycles. The predicted molar refractivity (Wildman–Crippen MR) is 85.3 cm³/mol. The van der Waals surface area contributed by atoms with Gasteiger partial charge in [0.25, 0.3) is 0 Å². The molecular weight excluding hydrogens is 252 g/mol. The summed E-state index contributed by atoms with van der Waals surface area (Å²) in [6, 6.07) is 0. The van der Waals surface area contributed by atoms with Crippen LogP contribution in [0, 0.1) is 5.92 Å². The van der Waals surface area contributed by atoms with E-state index in [2.05, 4.69) is 27.4 Å². The van der Waals surface area contributed by atoms with Gasteiger partial charge in [-0.1, -0.05) is 6.92 Å². The van der Waals surface area contributed by atoms with Crippen molar-refractivity contribution in [3.63, 3.8) is 0 Å². The molecule has 0 saturated carbocycles. The number of aliphatic imine (C=N–C) groups is 1. The van der Waals surface area contributed by atoms with E-state index in [0.717, 1.165) is 38.2 Å². The normalized spacial score (nSPS) is 18.2. The van der Waals surface area contributed by atoms with E-state index in [1.807, 2.05) is 14.0 Å². The number of nitrogens with zero attached hydrogens (tertiary/aromatic N) is 2. The van der Waals surface area contributed by atoms with Gasteiger partial charge in [0.1, 0.15) is 0 Å². The van der Waals surface area contributed by atoms with Crippen LogP contribution in [-0.4, -0.2) is 63.8 Å². The van der Waals surface area contributed by atoms with E-state index in [9.17, 15) is 0 Å². The fraction of sp³-hybridized carbons (Fsp3) is 0.933. The van der Waals surface area contributed by atoms with Crippen molar-refractivity contribution in [3.8, 4) is 0 Å². The summed E-state index contributed by atoms with van der Waals surface area (Å²) in [5.41, 5.74) is 0. The quantitative estimate of drug-likeness (QED) is 0.401. The molecule has 0 radical (unpaired) electrons. The van der Waals surface area contributed by atoms with Crippen molar-refractivity contribution in [2.45, 2.75) is 33.1 Å². The summed E-state index contributed by atoms with van der Waals surface area (Å²) in [6.45, 7) is 11.4. The molecular formula is C15H32N4O. The number of rotatable bonds is 8. The average Bonchev–Trinajstić information content (AvgIpc) is 2.47. The molecule has 0 aliphatic carbocycles. The second kappa shape index (κ2) is 10.9. The molecule has 1 rings (SSSR count). The SMILES string of the molecule is CCOCCNC(=NC)NCCCN1CCC(C)CC1. The van der Waals surface area contributed by atoms with Crippen molar-refractivity contribution in [1.29, 1.82) is 0 Å². The highest BCUT2D eigenvalue weighted by Crippen LogP contribution is 2.15. The highest BCUT2D eigenvalue weighted by molar-refractivity contribution is 5.79. The molecule has 1 fully saturated rings. The van der Waals surface area contributed by atoms with Gasteiger partial charge in [-0.25, -0.2) is 0 Å². The first-order valence-corrected chi connectivity index (χ1v) is 8.00. The summed E-state index contributed by atoms with van der Waals surface area (Å²) < 4.78 is 5.29. The van der Waals surface area contributed by atoms with Crippen LogP contribution in [0.4, 0.5) is 0 Å². The zero-order valence-electron chi connectivity index (χ0n) is 13.5. The Labute approximate surface area is 124 Å². The van der Waals surface area contributed by atoms with Crippen molar-refractivity contribution < 1.29 is 4.74 Å². The van der Waals surface area contributed by atoms with Crippen LogP contribution in [0.5, 0.6) is 0 Å². The maximum absolute atomic E-state index is 5.29. The highest BCUT2D eigenvalue weighted by Gasteiger charge is 2.14. The number of hydrogen-bond acceptors (Lipinski definition) is 3. The number of likely N-dealkylation sites (tertiary alicyclic amines) is 1. The first kappa shape index (κ1) is 17.2. The zero-order valence-corrected chi connectivity index (χ0v) is 13.5. The first-order valence-electron chi connectivity index (χ1n) is 8.00. The average molecular weight is 284 g/mol. The molecule has 0 aromatic heterocycles. The lowest BCUT2D eigenvalue weighted by Crippen LogP contribution is -2.40. The molecule has 0 bridgehead atoms. The third-order valence-electron chi connectivity index (χ3n) is 3.79. The lowest BCUT2D eigenvalue weighted by molar-refractivity contribution is 0.152. The van der Waals surface area contributed by atoms with Gasteiger partial charge in [0.2, 0.25) is 0 Å². The van der Waals surface area contributed by atoms with Crippen molar-refractivity contribution in [2.75, 3.05) is 53.0 Å². The van der Waals surface area contributed by atoms with E-state index in [1.165, 1.54) is 38.9 Å². The number of piperidine rings is 1. The predicted octanol–water partition coefficient (Wildman–Crippen LogP) is 1.31. The van der Waals surface area contributed by atoms with Gasteiger partial charge < -0.3 is 20.3 Å². The van der Waals surface area contributed by atoms with Gasteiger partial charge in [-0.15, -0.1) is 0 Å². The van der Waals surface area contributed by atoms with Crippen LogP contribution in [0.3, 0.4) is 0 Å². The minimum absolute atomic E-state index is 0.725. The standard InChI is InChI=1S/C15H32N4O/c1-4-20-13-9-18-15(16-3)17-8-5-10-19-11-6-14(2)7-12-19/h14H,4-13H2,1-3H3,(H2,16,17,18). The van der Waals surface area contributed by atoms with Gasteiger partial charge >= 0.3 is 0 Å². The molecule has 2 N–H and O–H groups in total. The lowest BCUT2D eigenvalue weighted by Gasteiger charge is -2.30. The summed E-state index contributed by atoms with van der Waals surface area (Å²) in [7, 11) is 1.81. The molecule has 1 heterocycles. The van der Waals surface area contributed by atoms with Gasteiger partial charge in [-0.3, -0.25) is 4.99 Å². The third-order valence-corrected chi connectivity index (χ3v) is 3.79. The Morgan fingerprint density at radius 2 is 1.95 bits per heavy atom. The molecule has 5 nitrogen and oxygen atoms in total. The monoisotopic (exact) mass is 284 g/mol. The number of nitrogens with one attached hydrogen (secondary N) is 2. The van der Waals surface area contributed by atoms with Crippen LogP contribution in [0.2, 0.25) is 0 Å². The number of ether oxygens (including phenoxy) is 1. The van der Waals surface area contributed by atoms with E-state index < -0.39 is 0 Å². The second-order valence-electron chi connectivity index (χ2n) is 5.50.